The highest BCUT2D eigenvalue weighted by Gasteiger charge is 2.37. The van der Waals surface area contributed by atoms with Crippen LogP contribution >= 0.6 is 0 Å². The van der Waals surface area contributed by atoms with E-state index in [1.807, 2.05) is 25.2 Å². The van der Waals surface area contributed by atoms with Crippen LogP contribution in [0.5, 0.6) is 0 Å². The van der Waals surface area contributed by atoms with Crippen molar-refractivity contribution in [3.8, 4) is 0 Å². The molecule has 8 heteroatoms. The quantitative estimate of drug-likeness (QED) is 0.521. The van der Waals surface area contributed by atoms with Crippen LogP contribution in [-0.2, 0) is 9.53 Å². The van der Waals surface area contributed by atoms with Gasteiger partial charge >= 0.3 is 0 Å². The van der Waals surface area contributed by atoms with Gasteiger partial charge in [-0.3, -0.25) is 9.59 Å². The van der Waals surface area contributed by atoms with Gasteiger partial charge in [0.1, 0.15) is 11.9 Å². The molecule has 1 saturated carbocycles. The van der Waals surface area contributed by atoms with Gasteiger partial charge in [-0.25, -0.2) is 4.39 Å². The second-order valence-electron chi connectivity index (χ2n) is 9.05. The highest BCUT2D eigenvalue weighted by molar-refractivity contribution is 5.97. The maximum absolute atomic E-state index is 13.1. The number of halogens is 1. The lowest BCUT2D eigenvalue weighted by atomic mass is 10.1. The van der Waals surface area contributed by atoms with E-state index >= 15 is 0 Å². The number of likely N-dealkylation sites (N-methyl/N-ethyl adjacent to an activating group) is 1. The van der Waals surface area contributed by atoms with Crippen LogP contribution in [0.2, 0.25) is 0 Å². The number of piperazine rings is 1. The molecule has 0 bridgehead atoms. The van der Waals surface area contributed by atoms with Gasteiger partial charge in [0.05, 0.1) is 13.2 Å². The summed E-state index contributed by atoms with van der Waals surface area (Å²) >= 11 is 0. The first-order chi connectivity index (χ1) is 16.5. The molecule has 2 aromatic carbocycles. The molecule has 2 amide bonds. The Morgan fingerprint density at radius 2 is 1.76 bits per heavy atom. The van der Waals surface area contributed by atoms with Crippen molar-refractivity contribution in [2.75, 3.05) is 53.0 Å². The van der Waals surface area contributed by atoms with Crippen LogP contribution in [0.25, 0.3) is 0 Å². The third-order valence-corrected chi connectivity index (χ3v) is 6.48. The average Bonchev–Trinajstić information content (AvgIpc) is 3.63. The minimum absolute atomic E-state index is 0.107. The van der Waals surface area contributed by atoms with E-state index in [1.54, 1.807) is 29.2 Å². The van der Waals surface area contributed by atoms with Crippen molar-refractivity contribution in [2.45, 2.75) is 24.4 Å². The van der Waals surface area contributed by atoms with E-state index in [-0.39, 0.29) is 24.2 Å². The van der Waals surface area contributed by atoms with E-state index in [2.05, 4.69) is 15.5 Å². The SMILES string of the molecule is CN1CCN(C(=O)C(COCCNC2CC2c2ccc(F)cc2)NC(=O)c2ccccc2)CC1. The maximum atomic E-state index is 13.1. The number of hydrogen-bond donors (Lipinski definition) is 2. The third-order valence-electron chi connectivity index (χ3n) is 6.48. The first kappa shape index (κ1) is 24.3. The summed E-state index contributed by atoms with van der Waals surface area (Å²) in [6, 6.07) is 15.2. The zero-order chi connectivity index (χ0) is 23.9. The molecule has 2 fully saturated rings. The summed E-state index contributed by atoms with van der Waals surface area (Å²) in [5.41, 5.74) is 1.65. The van der Waals surface area contributed by atoms with Gasteiger partial charge in [-0.15, -0.1) is 0 Å². The molecule has 2 aliphatic rings. The maximum Gasteiger partial charge on any atom is 0.251 e. The predicted molar refractivity (Wildman–Crippen MR) is 128 cm³/mol. The summed E-state index contributed by atoms with van der Waals surface area (Å²) in [7, 11) is 2.03. The summed E-state index contributed by atoms with van der Waals surface area (Å²) in [5, 5.41) is 6.32. The summed E-state index contributed by atoms with van der Waals surface area (Å²) < 4.78 is 18.9. The number of nitrogens with one attached hydrogen (secondary N) is 2. The van der Waals surface area contributed by atoms with Crippen LogP contribution in [-0.4, -0.2) is 86.7 Å². The fraction of sp³-hybridized carbons (Fsp3) is 0.462. The number of nitrogens with zero attached hydrogens (tertiary/aromatic N) is 2. The Kier molecular flexibility index (Phi) is 8.26. The molecule has 3 atom stereocenters. The highest BCUT2D eigenvalue weighted by atomic mass is 19.1. The Labute approximate surface area is 200 Å². The molecule has 1 heterocycles. The van der Waals surface area contributed by atoms with E-state index in [1.165, 1.54) is 12.1 Å². The van der Waals surface area contributed by atoms with Crippen molar-refractivity contribution in [1.82, 2.24) is 20.4 Å². The van der Waals surface area contributed by atoms with Crippen LogP contribution < -0.4 is 10.6 Å². The zero-order valence-corrected chi connectivity index (χ0v) is 19.6. The van der Waals surface area contributed by atoms with Gasteiger partial charge in [-0.2, -0.15) is 0 Å². The minimum Gasteiger partial charge on any atom is -0.377 e. The van der Waals surface area contributed by atoms with Gasteiger partial charge in [0.15, 0.2) is 0 Å². The molecule has 1 aliphatic heterocycles. The smallest absolute Gasteiger partial charge is 0.251 e. The lowest BCUT2D eigenvalue weighted by molar-refractivity contribution is -0.136. The molecule has 0 radical (unpaired) electrons. The van der Waals surface area contributed by atoms with Crippen LogP contribution in [0, 0.1) is 5.82 Å². The standard InChI is InChI=1S/C26H33FN4O3/c1-30-12-14-31(15-13-30)26(33)24(29-25(32)20-5-3-2-4-6-20)18-34-16-11-28-23-17-22(23)19-7-9-21(27)10-8-19/h2-10,22-24,28H,11-18H2,1H3,(H,29,32). The van der Waals surface area contributed by atoms with Crippen molar-refractivity contribution < 1.29 is 18.7 Å². The van der Waals surface area contributed by atoms with Gasteiger partial charge in [0.2, 0.25) is 5.91 Å². The van der Waals surface area contributed by atoms with Crippen LogP contribution in [0.4, 0.5) is 4.39 Å². The van der Waals surface area contributed by atoms with Crippen molar-refractivity contribution in [3.05, 3.63) is 71.5 Å². The predicted octanol–water partition coefficient (Wildman–Crippen LogP) is 1.86. The average molecular weight is 469 g/mol. The van der Waals surface area contributed by atoms with Crippen LogP contribution in [0.1, 0.15) is 28.3 Å². The number of amides is 2. The summed E-state index contributed by atoms with van der Waals surface area (Å²) in [4.78, 5) is 29.8. The molecule has 3 unspecified atom stereocenters. The first-order valence-corrected chi connectivity index (χ1v) is 11.9. The minimum atomic E-state index is -0.732. The highest BCUT2D eigenvalue weighted by Crippen LogP contribution is 2.40. The van der Waals surface area contributed by atoms with Gasteiger partial charge < -0.3 is 25.2 Å². The second kappa shape index (κ2) is 11.6. The molecule has 0 aromatic heterocycles. The number of rotatable bonds is 10. The van der Waals surface area contributed by atoms with Crippen LogP contribution in [0.3, 0.4) is 0 Å². The molecule has 2 aromatic rings. The zero-order valence-electron chi connectivity index (χ0n) is 19.6. The fourth-order valence-corrected chi connectivity index (χ4v) is 4.27. The second-order valence-corrected chi connectivity index (χ2v) is 9.05. The van der Waals surface area contributed by atoms with Crippen molar-refractivity contribution in [3.63, 3.8) is 0 Å². The van der Waals surface area contributed by atoms with Gasteiger partial charge in [0, 0.05) is 50.2 Å². The Morgan fingerprint density at radius 3 is 2.47 bits per heavy atom. The van der Waals surface area contributed by atoms with Gasteiger partial charge in [-0.05, 0) is 43.3 Å². The Bertz CT molecular complexity index is 948. The van der Waals surface area contributed by atoms with E-state index < -0.39 is 6.04 Å². The monoisotopic (exact) mass is 468 g/mol. The number of carbonyl (C=O) groups is 2. The van der Waals surface area contributed by atoms with Crippen molar-refractivity contribution >= 4 is 11.8 Å². The lowest BCUT2D eigenvalue weighted by Gasteiger charge is -2.34. The first-order valence-electron chi connectivity index (χ1n) is 11.9. The molecule has 182 valence electrons. The summed E-state index contributed by atoms with van der Waals surface area (Å²) in [6.45, 7) is 4.10. The fourth-order valence-electron chi connectivity index (χ4n) is 4.27. The van der Waals surface area contributed by atoms with E-state index in [9.17, 15) is 14.0 Å². The summed E-state index contributed by atoms with van der Waals surface area (Å²) in [5.74, 6) is -0.210. The molecule has 1 aliphatic carbocycles. The largest absolute Gasteiger partial charge is 0.377 e. The topological polar surface area (TPSA) is 73.9 Å². The molecular weight excluding hydrogens is 435 g/mol. The normalized spacial score (nSPS) is 21.2. The van der Waals surface area contributed by atoms with Crippen molar-refractivity contribution in [1.29, 1.82) is 0 Å². The molecule has 2 N–H and O–H groups in total. The lowest BCUT2D eigenvalue weighted by Crippen LogP contribution is -2.55. The van der Waals surface area contributed by atoms with E-state index in [0.29, 0.717) is 43.8 Å². The molecule has 4 rings (SSSR count). The van der Waals surface area contributed by atoms with E-state index in [0.717, 1.165) is 25.1 Å². The van der Waals surface area contributed by atoms with Gasteiger partial charge in [0.25, 0.3) is 5.91 Å². The molecule has 1 saturated heterocycles. The number of ether oxygens (including phenoxy) is 1. The Balaban J connectivity index is 1.25. The molecular formula is C26H33FN4O3. The summed E-state index contributed by atoms with van der Waals surface area (Å²) in [6.07, 6.45) is 1.02. The number of carbonyl (C=O) groups excluding carboxylic acids is 2. The van der Waals surface area contributed by atoms with E-state index in [4.69, 9.17) is 4.74 Å². The van der Waals surface area contributed by atoms with Crippen molar-refractivity contribution in [2.24, 2.45) is 0 Å². The Hall–Kier alpha value is -2.81. The molecule has 0 spiro atoms. The molecule has 7 nitrogen and oxygen atoms in total. The Morgan fingerprint density at radius 1 is 1.06 bits per heavy atom. The van der Waals surface area contributed by atoms with Crippen LogP contribution in [0.15, 0.2) is 54.6 Å². The molecule has 34 heavy (non-hydrogen) atoms. The van der Waals surface area contributed by atoms with Gasteiger partial charge in [-0.1, -0.05) is 30.3 Å². The number of hydrogen-bond acceptors (Lipinski definition) is 5. The third kappa shape index (κ3) is 6.62. The number of benzene rings is 2.